The van der Waals surface area contributed by atoms with Crippen LogP contribution in [0.1, 0.15) is 31.7 Å². The monoisotopic (exact) mass is 263 g/mol. The second-order valence-electron chi connectivity index (χ2n) is 5.86. The second-order valence-corrected chi connectivity index (χ2v) is 5.86. The van der Waals surface area contributed by atoms with Crippen molar-refractivity contribution in [3.8, 4) is 5.75 Å². The predicted octanol–water partition coefficient (Wildman–Crippen LogP) is 2.61. The van der Waals surface area contributed by atoms with Gasteiger partial charge in [-0.05, 0) is 50.8 Å². The summed E-state index contributed by atoms with van der Waals surface area (Å²) in [5.41, 5.74) is 0.782. The normalized spacial score (nSPS) is 19.3. The Morgan fingerprint density at radius 2 is 2.05 bits per heavy atom. The lowest BCUT2D eigenvalue weighted by Gasteiger charge is -2.35. The number of aliphatic hydroxyl groups is 1. The smallest absolute Gasteiger partial charge is 0.119 e. The van der Waals surface area contributed by atoms with Crippen molar-refractivity contribution in [3.05, 3.63) is 29.8 Å². The molecule has 0 bridgehead atoms. The van der Waals surface area contributed by atoms with Gasteiger partial charge in [-0.3, -0.25) is 0 Å². The topological polar surface area (TPSA) is 32.7 Å². The highest BCUT2D eigenvalue weighted by Crippen LogP contribution is 2.21. The van der Waals surface area contributed by atoms with Gasteiger partial charge in [0.25, 0.3) is 0 Å². The summed E-state index contributed by atoms with van der Waals surface area (Å²) in [7, 11) is 0. The fraction of sp³-hybridized carbons (Fsp3) is 0.625. The summed E-state index contributed by atoms with van der Waals surface area (Å²) in [5, 5.41) is 9.89. The maximum absolute atomic E-state index is 9.89. The number of nitrogens with zero attached hydrogens (tertiary/aromatic N) is 1. The van der Waals surface area contributed by atoms with Crippen LogP contribution in [-0.4, -0.2) is 41.8 Å². The van der Waals surface area contributed by atoms with Gasteiger partial charge in [-0.15, -0.1) is 0 Å². The third-order valence-electron chi connectivity index (χ3n) is 3.81. The molecule has 3 heteroatoms. The predicted molar refractivity (Wildman–Crippen MR) is 77.6 cm³/mol. The van der Waals surface area contributed by atoms with Crippen molar-refractivity contribution < 1.29 is 9.84 Å². The van der Waals surface area contributed by atoms with Gasteiger partial charge in [0.1, 0.15) is 5.75 Å². The van der Waals surface area contributed by atoms with E-state index in [1.807, 2.05) is 19.1 Å². The highest BCUT2D eigenvalue weighted by Gasteiger charge is 2.26. The van der Waals surface area contributed by atoms with Crippen molar-refractivity contribution in [2.24, 2.45) is 0 Å². The van der Waals surface area contributed by atoms with Crippen molar-refractivity contribution >= 4 is 0 Å². The zero-order chi connectivity index (χ0) is 13.7. The summed E-state index contributed by atoms with van der Waals surface area (Å²) in [6.07, 6.45) is 2.80. The van der Waals surface area contributed by atoms with Crippen LogP contribution in [0.2, 0.25) is 0 Å². The summed E-state index contributed by atoms with van der Waals surface area (Å²) in [4.78, 5) is 2.41. The Bertz CT molecular complexity index is 393. The summed E-state index contributed by atoms with van der Waals surface area (Å²) < 4.78 is 5.74. The van der Waals surface area contributed by atoms with Crippen LogP contribution in [0.25, 0.3) is 0 Å². The summed E-state index contributed by atoms with van der Waals surface area (Å²) in [6, 6.07) is 8.17. The summed E-state index contributed by atoms with van der Waals surface area (Å²) >= 11 is 0. The number of benzene rings is 1. The lowest BCUT2D eigenvalue weighted by Crippen LogP contribution is -2.42. The Hall–Kier alpha value is -1.06. The molecule has 106 valence electrons. The highest BCUT2D eigenvalue weighted by atomic mass is 16.5. The van der Waals surface area contributed by atoms with E-state index in [2.05, 4.69) is 24.0 Å². The van der Waals surface area contributed by atoms with E-state index in [0.29, 0.717) is 0 Å². The number of ether oxygens (including phenoxy) is 1. The van der Waals surface area contributed by atoms with Gasteiger partial charge < -0.3 is 14.7 Å². The van der Waals surface area contributed by atoms with Gasteiger partial charge >= 0.3 is 0 Å². The fourth-order valence-corrected chi connectivity index (χ4v) is 2.44. The zero-order valence-corrected chi connectivity index (χ0v) is 12.1. The molecule has 0 unspecified atom stereocenters. The molecule has 1 aliphatic rings. The zero-order valence-electron chi connectivity index (χ0n) is 12.1. The van der Waals surface area contributed by atoms with Crippen molar-refractivity contribution in [2.75, 3.05) is 26.2 Å². The molecule has 1 aliphatic heterocycles. The van der Waals surface area contributed by atoms with Crippen molar-refractivity contribution in [1.82, 2.24) is 4.90 Å². The molecule has 0 atom stereocenters. The Kier molecular flexibility index (Phi) is 4.83. The molecule has 0 aliphatic carbocycles. The second kappa shape index (κ2) is 6.40. The van der Waals surface area contributed by atoms with Gasteiger partial charge in [-0.1, -0.05) is 12.1 Å². The van der Waals surface area contributed by atoms with Gasteiger partial charge in [0, 0.05) is 19.6 Å². The lowest BCUT2D eigenvalue weighted by molar-refractivity contribution is -0.00603. The van der Waals surface area contributed by atoms with E-state index >= 15 is 0 Å². The van der Waals surface area contributed by atoms with E-state index in [4.69, 9.17) is 4.74 Å². The van der Waals surface area contributed by atoms with E-state index in [1.54, 1.807) is 0 Å². The first kappa shape index (κ1) is 14.4. The minimum absolute atomic E-state index is 0.450. The van der Waals surface area contributed by atoms with Gasteiger partial charge in [-0.25, -0.2) is 0 Å². The summed E-state index contributed by atoms with van der Waals surface area (Å²) in [6.45, 7) is 7.82. The van der Waals surface area contributed by atoms with Crippen LogP contribution >= 0.6 is 0 Å². The Labute approximate surface area is 116 Å². The standard InChI is InChI=1S/C16H25NO2/c1-14-5-3-6-15(13-14)19-12-4-9-17-10-7-16(2,18)8-11-17/h3,5-6,13,18H,4,7-12H2,1-2H3. The molecular formula is C16H25NO2. The van der Waals surface area contributed by atoms with Crippen LogP contribution in [0.4, 0.5) is 0 Å². The van der Waals surface area contributed by atoms with E-state index in [9.17, 15) is 5.11 Å². The molecule has 3 nitrogen and oxygen atoms in total. The van der Waals surface area contributed by atoms with Gasteiger partial charge in [-0.2, -0.15) is 0 Å². The lowest BCUT2D eigenvalue weighted by atomic mass is 9.94. The quantitative estimate of drug-likeness (QED) is 0.829. The van der Waals surface area contributed by atoms with Crippen LogP contribution in [-0.2, 0) is 0 Å². The average Bonchev–Trinajstić information content (AvgIpc) is 2.36. The Morgan fingerprint density at radius 3 is 2.74 bits per heavy atom. The third kappa shape index (κ3) is 4.84. The maximum atomic E-state index is 9.89. The van der Waals surface area contributed by atoms with Crippen molar-refractivity contribution in [1.29, 1.82) is 0 Å². The highest BCUT2D eigenvalue weighted by molar-refractivity contribution is 5.27. The van der Waals surface area contributed by atoms with Crippen LogP contribution in [0.15, 0.2) is 24.3 Å². The number of hydrogen-bond acceptors (Lipinski definition) is 3. The molecule has 0 spiro atoms. The Balaban J connectivity index is 1.62. The summed E-state index contributed by atoms with van der Waals surface area (Å²) in [5.74, 6) is 0.960. The molecule has 1 fully saturated rings. The first-order chi connectivity index (χ1) is 9.05. The van der Waals surface area contributed by atoms with Crippen LogP contribution in [0.5, 0.6) is 5.75 Å². The number of rotatable bonds is 5. The van der Waals surface area contributed by atoms with E-state index in [-0.39, 0.29) is 0 Å². The average molecular weight is 263 g/mol. The molecule has 0 aromatic heterocycles. The number of hydrogen-bond donors (Lipinski definition) is 1. The minimum atomic E-state index is -0.450. The van der Waals surface area contributed by atoms with Crippen LogP contribution in [0, 0.1) is 6.92 Å². The minimum Gasteiger partial charge on any atom is -0.494 e. The number of piperidine rings is 1. The maximum Gasteiger partial charge on any atom is 0.119 e. The third-order valence-corrected chi connectivity index (χ3v) is 3.81. The molecule has 2 rings (SSSR count). The van der Waals surface area contributed by atoms with E-state index in [1.165, 1.54) is 5.56 Å². The first-order valence-corrected chi connectivity index (χ1v) is 7.19. The van der Waals surface area contributed by atoms with E-state index < -0.39 is 5.60 Å². The first-order valence-electron chi connectivity index (χ1n) is 7.19. The molecule has 0 saturated carbocycles. The molecule has 1 saturated heterocycles. The van der Waals surface area contributed by atoms with Gasteiger partial charge in [0.05, 0.1) is 12.2 Å². The van der Waals surface area contributed by atoms with Crippen LogP contribution < -0.4 is 4.74 Å². The van der Waals surface area contributed by atoms with Crippen LogP contribution in [0.3, 0.4) is 0 Å². The fourth-order valence-electron chi connectivity index (χ4n) is 2.44. The molecule has 1 N–H and O–H groups in total. The largest absolute Gasteiger partial charge is 0.494 e. The van der Waals surface area contributed by atoms with E-state index in [0.717, 1.165) is 51.3 Å². The molecule has 0 radical (unpaired) electrons. The molecule has 1 aromatic rings. The SMILES string of the molecule is Cc1cccc(OCCCN2CCC(C)(O)CC2)c1. The molecule has 1 aromatic carbocycles. The van der Waals surface area contributed by atoms with Gasteiger partial charge in [0.15, 0.2) is 0 Å². The number of likely N-dealkylation sites (tertiary alicyclic amines) is 1. The van der Waals surface area contributed by atoms with Crippen molar-refractivity contribution in [3.63, 3.8) is 0 Å². The molecule has 1 heterocycles. The van der Waals surface area contributed by atoms with Crippen molar-refractivity contribution in [2.45, 2.75) is 38.7 Å². The molecule has 0 amide bonds. The molecular weight excluding hydrogens is 238 g/mol. The number of aryl methyl sites for hydroxylation is 1. The Morgan fingerprint density at radius 1 is 1.32 bits per heavy atom. The molecule has 19 heavy (non-hydrogen) atoms. The van der Waals surface area contributed by atoms with Gasteiger partial charge in [0.2, 0.25) is 0 Å².